The van der Waals surface area contributed by atoms with E-state index in [-0.39, 0.29) is 0 Å². The van der Waals surface area contributed by atoms with Crippen LogP contribution in [0, 0.1) is 11.8 Å². The van der Waals surface area contributed by atoms with Gasteiger partial charge in [-0.1, -0.05) is 0 Å². The molecule has 6 unspecified atom stereocenters. The lowest BCUT2D eigenvalue weighted by molar-refractivity contribution is -0.151. The molecule has 3 aliphatic heterocycles. The Balaban J connectivity index is 2.04. The normalized spacial score (nSPS) is 53.6. The molecule has 3 saturated heterocycles. The third-order valence-electron chi connectivity index (χ3n) is 3.17. The van der Waals surface area contributed by atoms with Crippen LogP contribution in [0.1, 0.15) is 0 Å². The van der Waals surface area contributed by atoms with Crippen LogP contribution in [0.4, 0.5) is 0 Å². The number of fused-ring (bicyclic) bond motifs is 1. The summed E-state index contributed by atoms with van der Waals surface area (Å²) in [5.41, 5.74) is 0. The Hall–Kier alpha value is -0.810. The van der Waals surface area contributed by atoms with Crippen molar-refractivity contribution in [3.8, 4) is 0 Å². The third kappa shape index (κ3) is 0.757. The van der Waals surface area contributed by atoms with Crippen molar-refractivity contribution in [2.75, 3.05) is 0 Å². The van der Waals surface area contributed by atoms with E-state index in [0.717, 1.165) is 0 Å². The molecule has 3 aliphatic rings. The van der Waals surface area contributed by atoms with E-state index in [1.165, 1.54) is 0 Å². The number of carboxylic acid groups (broad SMARTS) is 1. The Morgan fingerprint density at radius 2 is 2.07 bits per heavy atom. The fourth-order valence-corrected chi connectivity index (χ4v) is 3.01. The number of halogens is 1. The second-order valence-electron chi connectivity index (χ2n) is 3.80. The molecular weight excluding hydrogens is 212 g/mol. The van der Waals surface area contributed by atoms with Crippen molar-refractivity contribution in [3.63, 3.8) is 0 Å². The van der Waals surface area contributed by atoms with Crippen LogP contribution in [-0.2, 0) is 19.1 Å². The number of ether oxygens (including phenoxy) is 2. The molecule has 0 aromatic rings. The maximum absolute atomic E-state index is 11.3. The fourth-order valence-electron chi connectivity index (χ4n) is 2.60. The van der Waals surface area contributed by atoms with Gasteiger partial charge in [-0.25, -0.2) is 0 Å². The fraction of sp³-hybridized carbons (Fsp3) is 0.750. The minimum Gasteiger partial charge on any atom is -0.481 e. The minimum absolute atomic E-state index is 0.448. The summed E-state index contributed by atoms with van der Waals surface area (Å²) in [4.78, 5) is 22.3. The van der Waals surface area contributed by atoms with Crippen LogP contribution in [0.2, 0.25) is 0 Å². The Kier molecular flexibility index (Phi) is 1.46. The van der Waals surface area contributed by atoms with Gasteiger partial charge in [0.2, 0.25) is 0 Å². The van der Waals surface area contributed by atoms with E-state index in [9.17, 15) is 9.59 Å². The summed E-state index contributed by atoms with van der Waals surface area (Å²) in [5, 5.41) is 8.42. The van der Waals surface area contributed by atoms with Crippen LogP contribution in [0.15, 0.2) is 0 Å². The number of carbonyl (C=O) groups is 2. The molecule has 6 atom stereocenters. The average molecular weight is 219 g/mol. The summed E-state index contributed by atoms with van der Waals surface area (Å²) in [6, 6.07) is 0. The highest BCUT2D eigenvalue weighted by Gasteiger charge is 2.70. The average Bonchev–Trinajstić information content (AvgIpc) is 2.67. The van der Waals surface area contributed by atoms with Crippen molar-refractivity contribution in [2.24, 2.45) is 11.8 Å². The molecule has 0 amide bonds. The van der Waals surface area contributed by atoms with Gasteiger partial charge in [-0.05, 0) is 0 Å². The summed E-state index contributed by atoms with van der Waals surface area (Å²) in [7, 11) is 0. The summed E-state index contributed by atoms with van der Waals surface area (Å²) in [5.74, 6) is -3.02. The zero-order valence-electron chi connectivity index (χ0n) is 6.92. The Bertz CT molecular complexity index is 330. The zero-order chi connectivity index (χ0) is 10.0. The van der Waals surface area contributed by atoms with Crippen molar-refractivity contribution in [2.45, 2.75) is 23.7 Å². The SMILES string of the molecule is O=C(O)C1C2OC3C(OC(=O)C31)C2Cl. The number of esters is 1. The van der Waals surface area contributed by atoms with Crippen LogP contribution < -0.4 is 0 Å². The van der Waals surface area contributed by atoms with E-state index >= 15 is 0 Å². The molecule has 3 heterocycles. The van der Waals surface area contributed by atoms with Gasteiger partial charge in [0.25, 0.3) is 0 Å². The highest BCUT2D eigenvalue weighted by molar-refractivity contribution is 6.22. The van der Waals surface area contributed by atoms with Gasteiger partial charge in [0.05, 0.1) is 6.10 Å². The van der Waals surface area contributed by atoms with Crippen LogP contribution in [-0.4, -0.2) is 40.7 Å². The zero-order valence-corrected chi connectivity index (χ0v) is 7.68. The molecule has 76 valence electrons. The lowest BCUT2D eigenvalue weighted by Gasteiger charge is -2.20. The smallest absolute Gasteiger partial charge is 0.313 e. The Morgan fingerprint density at radius 1 is 1.36 bits per heavy atom. The molecule has 2 bridgehead atoms. The number of hydrogen-bond acceptors (Lipinski definition) is 4. The topological polar surface area (TPSA) is 72.8 Å². The van der Waals surface area contributed by atoms with Crippen molar-refractivity contribution < 1.29 is 24.2 Å². The van der Waals surface area contributed by atoms with Gasteiger partial charge in [-0.15, -0.1) is 11.6 Å². The molecule has 14 heavy (non-hydrogen) atoms. The van der Waals surface area contributed by atoms with E-state index in [4.69, 9.17) is 26.2 Å². The van der Waals surface area contributed by atoms with Gasteiger partial charge >= 0.3 is 11.9 Å². The van der Waals surface area contributed by atoms with Gasteiger partial charge in [0.1, 0.15) is 29.4 Å². The quantitative estimate of drug-likeness (QED) is 0.480. The summed E-state index contributed by atoms with van der Waals surface area (Å²) in [6.07, 6.45) is -1.48. The molecule has 3 fully saturated rings. The third-order valence-corrected chi connectivity index (χ3v) is 3.67. The van der Waals surface area contributed by atoms with Gasteiger partial charge in [0, 0.05) is 0 Å². The second kappa shape index (κ2) is 2.41. The van der Waals surface area contributed by atoms with Crippen molar-refractivity contribution >= 4 is 23.5 Å². The first-order valence-corrected chi connectivity index (χ1v) is 4.78. The number of rotatable bonds is 1. The number of carboxylic acids is 1. The molecule has 0 aliphatic carbocycles. The first kappa shape index (κ1) is 8.49. The van der Waals surface area contributed by atoms with Gasteiger partial charge < -0.3 is 14.6 Å². The molecule has 3 rings (SSSR count). The van der Waals surface area contributed by atoms with Crippen LogP contribution in [0.25, 0.3) is 0 Å². The maximum Gasteiger partial charge on any atom is 0.313 e. The maximum atomic E-state index is 11.3. The highest BCUT2D eigenvalue weighted by atomic mass is 35.5. The van der Waals surface area contributed by atoms with E-state index < -0.39 is 47.5 Å². The molecule has 0 radical (unpaired) electrons. The van der Waals surface area contributed by atoms with Crippen molar-refractivity contribution in [1.29, 1.82) is 0 Å². The summed E-state index contributed by atoms with van der Waals surface area (Å²) >= 11 is 5.94. The van der Waals surface area contributed by atoms with Crippen molar-refractivity contribution in [3.05, 3.63) is 0 Å². The highest BCUT2D eigenvalue weighted by Crippen LogP contribution is 2.51. The Morgan fingerprint density at radius 3 is 2.71 bits per heavy atom. The largest absolute Gasteiger partial charge is 0.481 e. The second-order valence-corrected chi connectivity index (χ2v) is 4.30. The lowest BCUT2D eigenvalue weighted by atomic mass is 9.80. The van der Waals surface area contributed by atoms with E-state index in [2.05, 4.69) is 0 Å². The number of carbonyl (C=O) groups excluding carboxylic acids is 1. The number of aliphatic carboxylic acids is 1. The lowest BCUT2D eigenvalue weighted by Crippen LogP contribution is -2.42. The predicted molar refractivity (Wildman–Crippen MR) is 42.8 cm³/mol. The predicted octanol–water partition coefficient (Wildman–Crippen LogP) is -0.383. The van der Waals surface area contributed by atoms with Crippen LogP contribution in [0.3, 0.4) is 0 Å². The van der Waals surface area contributed by atoms with Crippen LogP contribution >= 0.6 is 11.6 Å². The van der Waals surface area contributed by atoms with Gasteiger partial charge in [-0.2, -0.15) is 0 Å². The number of alkyl halides is 1. The minimum atomic E-state index is -1.04. The molecule has 5 nitrogen and oxygen atoms in total. The first-order chi connectivity index (χ1) is 6.61. The van der Waals surface area contributed by atoms with Gasteiger partial charge in [-0.3, -0.25) is 9.59 Å². The van der Waals surface area contributed by atoms with Crippen LogP contribution in [0.5, 0.6) is 0 Å². The molecule has 0 aromatic carbocycles. The Labute approximate surface area is 83.9 Å². The van der Waals surface area contributed by atoms with Crippen molar-refractivity contribution in [1.82, 2.24) is 0 Å². The molecular formula is C8H7ClO5. The first-order valence-electron chi connectivity index (χ1n) is 4.34. The molecule has 0 aromatic heterocycles. The molecule has 1 N–H and O–H groups in total. The number of hydrogen-bond donors (Lipinski definition) is 1. The summed E-state index contributed by atoms with van der Waals surface area (Å²) in [6.45, 7) is 0. The molecule has 6 heteroatoms. The monoisotopic (exact) mass is 218 g/mol. The van der Waals surface area contributed by atoms with E-state index in [1.54, 1.807) is 0 Å². The summed E-state index contributed by atoms with van der Waals surface area (Å²) < 4.78 is 10.3. The molecule has 0 spiro atoms. The molecule has 0 saturated carbocycles. The van der Waals surface area contributed by atoms with E-state index in [1.807, 2.05) is 0 Å². The standard InChI is InChI=1S/C8H7ClO5/c9-3-4-1(7(10)11)2-5(13-4)6(3)14-8(2)12/h1-6H,(H,10,11). The van der Waals surface area contributed by atoms with E-state index in [0.29, 0.717) is 0 Å². The van der Waals surface area contributed by atoms with Gasteiger partial charge in [0.15, 0.2) is 0 Å².